The molecule has 1 aromatic rings. The Labute approximate surface area is 104 Å². The van der Waals surface area contributed by atoms with Gasteiger partial charge in [-0.3, -0.25) is 0 Å². The summed E-state index contributed by atoms with van der Waals surface area (Å²) in [6.45, 7) is 4.59. The molecule has 1 aliphatic rings. The lowest BCUT2D eigenvalue weighted by atomic mass is 9.74. The molecule has 0 saturated heterocycles. The van der Waals surface area contributed by atoms with E-state index in [0.29, 0.717) is 5.92 Å². The van der Waals surface area contributed by atoms with E-state index < -0.39 is 0 Å². The Hall–Kier alpha value is -1.02. The first-order chi connectivity index (χ1) is 8.06. The summed E-state index contributed by atoms with van der Waals surface area (Å²) in [5.74, 6) is 1.68. The number of aryl methyl sites for hydroxylation is 1. The Kier molecular flexibility index (Phi) is 3.43. The van der Waals surface area contributed by atoms with Gasteiger partial charge in [0.1, 0.15) is 5.75 Å². The lowest BCUT2D eigenvalue weighted by molar-refractivity contribution is 0.243. The summed E-state index contributed by atoms with van der Waals surface area (Å²) >= 11 is 0. The molecule has 0 saturated carbocycles. The first-order valence-electron chi connectivity index (χ1n) is 6.41. The number of benzene rings is 1. The van der Waals surface area contributed by atoms with Crippen LogP contribution in [0.5, 0.6) is 5.75 Å². The second-order valence-electron chi connectivity index (χ2n) is 5.55. The van der Waals surface area contributed by atoms with Gasteiger partial charge in [0.2, 0.25) is 0 Å². The second kappa shape index (κ2) is 4.69. The van der Waals surface area contributed by atoms with E-state index >= 15 is 0 Å². The van der Waals surface area contributed by atoms with Gasteiger partial charge in [-0.25, -0.2) is 0 Å². The van der Waals surface area contributed by atoms with Gasteiger partial charge in [0.05, 0.1) is 7.11 Å². The highest BCUT2D eigenvalue weighted by molar-refractivity contribution is 5.37. The zero-order valence-corrected chi connectivity index (χ0v) is 11.3. The number of fused-ring (bicyclic) bond motifs is 1. The maximum absolute atomic E-state index is 5.31. The van der Waals surface area contributed by atoms with Gasteiger partial charge in [-0.05, 0) is 69.3 Å². The fourth-order valence-corrected chi connectivity index (χ4v) is 2.68. The molecule has 0 heterocycles. The largest absolute Gasteiger partial charge is 0.497 e. The van der Waals surface area contributed by atoms with Gasteiger partial charge in [-0.1, -0.05) is 6.07 Å². The molecule has 1 N–H and O–H groups in total. The topological polar surface area (TPSA) is 21.3 Å². The third-order valence-electron chi connectivity index (χ3n) is 4.31. The molecule has 0 fully saturated rings. The molecule has 0 aromatic heterocycles. The van der Waals surface area contributed by atoms with Crippen molar-refractivity contribution in [2.24, 2.45) is 5.92 Å². The van der Waals surface area contributed by atoms with E-state index in [1.54, 1.807) is 7.11 Å². The summed E-state index contributed by atoms with van der Waals surface area (Å²) in [4.78, 5) is 0. The lowest BCUT2D eigenvalue weighted by Crippen LogP contribution is -2.46. The zero-order chi connectivity index (χ0) is 12.5. The van der Waals surface area contributed by atoms with Crippen molar-refractivity contribution >= 4 is 0 Å². The van der Waals surface area contributed by atoms with Crippen molar-refractivity contribution in [1.29, 1.82) is 0 Å². The van der Waals surface area contributed by atoms with E-state index in [-0.39, 0.29) is 5.54 Å². The van der Waals surface area contributed by atoms with Crippen molar-refractivity contribution in [2.75, 3.05) is 14.2 Å². The summed E-state index contributed by atoms with van der Waals surface area (Å²) in [6.07, 6.45) is 3.61. The van der Waals surface area contributed by atoms with Crippen LogP contribution in [0.15, 0.2) is 18.2 Å². The minimum absolute atomic E-state index is 0.209. The number of ether oxygens (including phenoxy) is 1. The number of nitrogens with one attached hydrogen (secondary N) is 1. The lowest BCUT2D eigenvalue weighted by Gasteiger charge is -2.37. The van der Waals surface area contributed by atoms with E-state index in [4.69, 9.17) is 4.74 Å². The van der Waals surface area contributed by atoms with Gasteiger partial charge in [-0.2, -0.15) is 0 Å². The molecule has 0 amide bonds. The molecule has 2 rings (SSSR count). The molecule has 0 spiro atoms. The highest BCUT2D eigenvalue weighted by Crippen LogP contribution is 2.33. The molecular formula is C15H23NO. The van der Waals surface area contributed by atoms with Crippen molar-refractivity contribution in [1.82, 2.24) is 5.32 Å². The van der Waals surface area contributed by atoms with Crippen molar-refractivity contribution in [3.05, 3.63) is 29.3 Å². The fraction of sp³-hybridized carbons (Fsp3) is 0.600. The quantitative estimate of drug-likeness (QED) is 0.867. The van der Waals surface area contributed by atoms with E-state index in [2.05, 4.69) is 44.4 Å². The van der Waals surface area contributed by atoms with Crippen molar-refractivity contribution < 1.29 is 4.74 Å². The average molecular weight is 233 g/mol. The molecule has 0 bridgehead atoms. The normalized spacial score (nSPS) is 19.9. The predicted molar refractivity (Wildman–Crippen MR) is 71.6 cm³/mol. The van der Waals surface area contributed by atoms with Crippen molar-refractivity contribution in [3.8, 4) is 5.75 Å². The smallest absolute Gasteiger partial charge is 0.119 e. The van der Waals surface area contributed by atoms with Gasteiger partial charge >= 0.3 is 0 Å². The summed E-state index contributed by atoms with van der Waals surface area (Å²) < 4.78 is 5.31. The number of hydrogen-bond acceptors (Lipinski definition) is 2. The maximum atomic E-state index is 5.31. The summed E-state index contributed by atoms with van der Waals surface area (Å²) in [6, 6.07) is 6.49. The summed E-state index contributed by atoms with van der Waals surface area (Å²) in [5.41, 5.74) is 3.17. The number of hydrogen-bond donors (Lipinski definition) is 1. The van der Waals surface area contributed by atoms with E-state index in [9.17, 15) is 0 Å². The van der Waals surface area contributed by atoms with Crippen molar-refractivity contribution in [2.45, 2.75) is 38.6 Å². The molecule has 1 atom stereocenters. The highest BCUT2D eigenvalue weighted by Gasteiger charge is 2.31. The Bertz CT molecular complexity index is 398. The van der Waals surface area contributed by atoms with Crippen molar-refractivity contribution in [3.63, 3.8) is 0 Å². The minimum atomic E-state index is 0.209. The van der Waals surface area contributed by atoms with Crippen LogP contribution in [-0.2, 0) is 12.8 Å². The Morgan fingerprint density at radius 3 is 2.71 bits per heavy atom. The molecular weight excluding hydrogens is 210 g/mol. The molecule has 2 nitrogen and oxygen atoms in total. The van der Waals surface area contributed by atoms with Crippen LogP contribution < -0.4 is 10.1 Å². The molecule has 94 valence electrons. The number of rotatable bonds is 3. The van der Waals surface area contributed by atoms with Crippen LogP contribution in [0.2, 0.25) is 0 Å². The molecule has 0 radical (unpaired) electrons. The highest BCUT2D eigenvalue weighted by atomic mass is 16.5. The van der Waals surface area contributed by atoms with Gasteiger partial charge < -0.3 is 10.1 Å². The number of methoxy groups -OCH3 is 1. The molecule has 1 unspecified atom stereocenters. The van der Waals surface area contributed by atoms with Gasteiger partial charge in [-0.15, -0.1) is 0 Å². The van der Waals surface area contributed by atoms with Crippen LogP contribution in [0.25, 0.3) is 0 Å². The predicted octanol–water partition coefficient (Wildman–Crippen LogP) is 2.80. The molecule has 2 heteroatoms. The van der Waals surface area contributed by atoms with Gasteiger partial charge in [0, 0.05) is 5.54 Å². The third kappa shape index (κ3) is 2.47. The fourth-order valence-electron chi connectivity index (χ4n) is 2.68. The van der Waals surface area contributed by atoms with Gasteiger partial charge in [0.15, 0.2) is 0 Å². The molecule has 0 aliphatic heterocycles. The Balaban J connectivity index is 2.22. The Morgan fingerprint density at radius 1 is 1.29 bits per heavy atom. The van der Waals surface area contributed by atoms with Crippen LogP contribution in [-0.4, -0.2) is 19.7 Å². The standard InChI is InChI=1S/C15H23NO/c1-15(2,16-3)13-7-5-11-6-8-14(17-4)10-12(11)9-13/h6,8,10,13,16H,5,7,9H2,1-4H3. The van der Waals surface area contributed by atoms with Crippen LogP contribution in [0.3, 0.4) is 0 Å². The second-order valence-corrected chi connectivity index (χ2v) is 5.55. The maximum Gasteiger partial charge on any atom is 0.119 e. The van der Waals surface area contributed by atoms with E-state index in [1.165, 1.54) is 24.0 Å². The zero-order valence-electron chi connectivity index (χ0n) is 11.3. The molecule has 1 aromatic carbocycles. The third-order valence-corrected chi connectivity index (χ3v) is 4.31. The van der Waals surface area contributed by atoms with Crippen LogP contribution >= 0.6 is 0 Å². The van der Waals surface area contributed by atoms with Gasteiger partial charge in [0.25, 0.3) is 0 Å². The van der Waals surface area contributed by atoms with Crippen LogP contribution in [0.1, 0.15) is 31.4 Å². The Morgan fingerprint density at radius 2 is 2.06 bits per heavy atom. The first kappa shape index (κ1) is 12.4. The minimum Gasteiger partial charge on any atom is -0.497 e. The SMILES string of the molecule is CNC(C)(C)C1CCc2ccc(OC)cc2C1. The summed E-state index contributed by atoms with van der Waals surface area (Å²) in [7, 11) is 3.79. The summed E-state index contributed by atoms with van der Waals surface area (Å²) in [5, 5.41) is 3.44. The van der Waals surface area contributed by atoms with Crippen LogP contribution in [0, 0.1) is 5.92 Å². The molecule has 1 aliphatic carbocycles. The first-order valence-corrected chi connectivity index (χ1v) is 6.41. The molecule has 17 heavy (non-hydrogen) atoms. The monoisotopic (exact) mass is 233 g/mol. The average Bonchev–Trinajstić information content (AvgIpc) is 2.37. The van der Waals surface area contributed by atoms with E-state index in [0.717, 1.165) is 12.2 Å². The van der Waals surface area contributed by atoms with E-state index in [1.807, 2.05) is 0 Å². The van der Waals surface area contributed by atoms with Crippen LogP contribution in [0.4, 0.5) is 0 Å².